The molecule has 3 heterocycles. The van der Waals surface area contributed by atoms with Crippen molar-refractivity contribution in [2.24, 2.45) is 0 Å². The van der Waals surface area contributed by atoms with Crippen LogP contribution in [-0.4, -0.2) is 40.4 Å². The molecule has 0 saturated carbocycles. The number of hydrogen-bond acceptors (Lipinski definition) is 5. The van der Waals surface area contributed by atoms with Crippen LogP contribution in [0.1, 0.15) is 18.5 Å². The number of nitrogens with zero attached hydrogens (tertiary/aromatic N) is 3. The summed E-state index contributed by atoms with van der Waals surface area (Å²) in [6.45, 7) is 1.29. The fourth-order valence-electron chi connectivity index (χ4n) is 3.65. The highest BCUT2D eigenvalue weighted by molar-refractivity contribution is 6.30. The second-order valence-electron chi connectivity index (χ2n) is 7.83. The summed E-state index contributed by atoms with van der Waals surface area (Å²) in [5.74, 6) is 1.15. The molecule has 0 bridgehead atoms. The fourth-order valence-corrected chi connectivity index (χ4v) is 3.76. The van der Waals surface area contributed by atoms with E-state index in [0.717, 1.165) is 18.5 Å². The Morgan fingerprint density at radius 2 is 1.97 bits per heavy atom. The molecule has 3 aromatic rings. The molecule has 162 valence electrons. The van der Waals surface area contributed by atoms with E-state index < -0.39 is 0 Å². The van der Waals surface area contributed by atoms with Gasteiger partial charge in [-0.1, -0.05) is 11.6 Å². The first kappa shape index (κ1) is 21.4. The lowest BCUT2D eigenvalue weighted by Crippen LogP contribution is -2.45. The number of ether oxygens (including phenoxy) is 2. The molecule has 0 radical (unpaired) electrons. The molecule has 1 saturated heterocycles. The number of benzene rings is 1. The van der Waals surface area contributed by atoms with E-state index in [1.165, 1.54) is 10.6 Å². The van der Waals surface area contributed by atoms with Crippen molar-refractivity contribution in [2.75, 3.05) is 20.2 Å². The molecular weight excluding hydrogens is 418 g/mol. The van der Waals surface area contributed by atoms with Crippen LogP contribution in [0.4, 0.5) is 0 Å². The van der Waals surface area contributed by atoms with Crippen molar-refractivity contribution >= 4 is 11.6 Å². The van der Waals surface area contributed by atoms with Crippen molar-refractivity contribution in [3.05, 3.63) is 87.2 Å². The lowest BCUT2D eigenvalue weighted by molar-refractivity contribution is -0.873. The van der Waals surface area contributed by atoms with E-state index in [1.54, 1.807) is 37.6 Å². The van der Waals surface area contributed by atoms with Gasteiger partial charge in [-0.25, -0.2) is 0 Å². The maximum atomic E-state index is 12.5. The Morgan fingerprint density at radius 3 is 2.61 bits per heavy atom. The Hall–Kier alpha value is -2.87. The average Bonchev–Trinajstić information content (AvgIpc) is 3.10. The predicted molar refractivity (Wildman–Crippen MR) is 119 cm³/mol. The molecule has 0 N–H and O–H groups in total. The predicted octanol–water partition coefficient (Wildman–Crippen LogP) is 3.95. The summed E-state index contributed by atoms with van der Waals surface area (Å²) in [4.78, 5) is 16.7. The number of hydrogen-bond donors (Lipinski definition) is 0. The minimum atomic E-state index is -0.240. The zero-order chi connectivity index (χ0) is 21.8. The summed E-state index contributed by atoms with van der Waals surface area (Å²) in [6, 6.07) is 13.9. The maximum absolute atomic E-state index is 12.5. The molecule has 1 unspecified atom stereocenters. The van der Waals surface area contributed by atoms with Crippen LogP contribution >= 0.6 is 11.6 Å². The van der Waals surface area contributed by atoms with Gasteiger partial charge >= 0.3 is 0 Å². The van der Waals surface area contributed by atoms with E-state index in [9.17, 15) is 10.0 Å². The topological polar surface area (TPSA) is 76.4 Å². The Kier molecular flexibility index (Phi) is 6.27. The summed E-state index contributed by atoms with van der Waals surface area (Å²) in [7, 11) is 1.70. The summed E-state index contributed by atoms with van der Waals surface area (Å²) >= 11 is 5.82. The van der Waals surface area contributed by atoms with Gasteiger partial charge in [0, 0.05) is 37.0 Å². The van der Waals surface area contributed by atoms with Crippen LogP contribution in [0.15, 0.2) is 65.7 Å². The Morgan fingerprint density at radius 1 is 1.16 bits per heavy atom. The zero-order valence-corrected chi connectivity index (χ0v) is 18.0. The number of likely N-dealkylation sites (tertiary alicyclic amines) is 1. The third kappa shape index (κ3) is 5.25. The van der Waals surface area contributed by atoms with Crippen LogP contribution in [0.25, 0.3) is 5.69 Å². The largest absolute Gasteiger partial charge is 0.633 e. The normalized spacial score (nSPS) is 20.5. The molecule has 7 nitrogen and oxygen atoms in total. The van der Waals surface area contributed by atoms with Crippen molar-refractivity contribution in [1.82, 2.24) is 9.55 Å². The first-order chi connectivity index (χ1) is 14.9. The molecule has 0 amide bonds. The molecule has 1 aliphatic rings. The third-order valence-corrected chi connectivity index (χ3v) is 5.76. The monoisotopic (exact) mass is 441 g/mol. The molecule has 4 rings (SSSR count). The van der Waals surface area contributed by atoms with Gasteiger partial charge < -0.3 is 19.3 Å². The van der Waals surface area contributed by atoms with E-state index in [0.29, 0.717) is 35.4 Å². The molecule has 1 aromatic carbocycles. The molecule has 8 heteroatoms. The highest BCUT2D eigenvalue weighted by Gasteiger charge is 2.31. The third-order valence-electron chi connectivity index (χ3n) is 5.54. The van der Waals surface area contributed by atoms with Gasteiger partial charge in [-0.05, 0) is 42.5 Å². The van der Waals surface area contributed by atoms with Crippen LogP contribution in [0.2, 0.25) is 5.02 Å². The first-order valence-corrected chi connectivity index (χ1v) is 10.5. The molecular formula is C23H24ClN3O4. The van der Waals surface area contributed by atoms with E-state index in [-0.39, 0.29) is 22.9 Å². The molecule has 0 aliphatic carbocycles. The van der Waals surface area contributed by atoms with Crippen LogP contribution in [0.5, 0.6) is 11.5 Å². The minimum absolute atomic E-state index is 0.0297. The lowest BCUT2D eigenvalue weighted by atomic mass is 10.2. The van der Waals surface area contributed by atoms with Crippen molar-refractivity contribution in [3.63, 3.8) is 0 Å². The number of aromatic nitrogens is 2. The molecule has 1 aliphatic heterocycles. The zero-order valence-electron chi connectivity index (χ0n) is 17.2. The van der Waals surface area contributed by atoms with Gasteiger partial charge in [-0.15, -0.1) is 0 Å². The number of quaternary nitrogens is 1. The van der Waals surface area contributed by atoms with Crippen LogP contribution in [0.3, 0.4) is 0 Å². The quantitative estimate of drug-likeness (QED) is 0.410. The van der Waals surface area contributed by atoms with Gasteiger partial charge in [0.1, 0.15) is 30.8 Å². The molecule has 2 atom stereocenters. The van der Waals surface area contributed by atoms with Crippen molar-refractivity contribution in [3.8, 4) is 17.2 Å². The smallest absolute Gasteiger partial charge is 0.258 e. The second-order valence-corrected chi connectivity index (χ2v) is 8.26. The first-order valence-electron chi connectivity index (χ1n) is 10.2. The van der Waals surface area contributed by atoms with E-state index in [2.05, 4.69) is 4.98 Å². The lowest BCUT2D eigenvalue weighted by Gasteiger charge is -2.39. The molecule has 0 spiro atoms. The fraction of sp³-hybridized carbons (Fsp3) is 0.304. The van der Waals surface area contributed by atoms with Gasteiger partial charge in [0.2, 0.25) is 0 Å². The minimum Gasteiger partial charge on any atom is -0.633 e. The molecule has 1 fully saturated rings. The van der Waals surface area contributed by atoms with Gasteiger partial charge in [0.25, 0.3) is 5.56 Å². The van der Waals surface area contributed by atoms with Crippen molar-refractivity contribution < 1.29 is 14.1 Å². The number of likely N-dealkylation sites (N-methyl/N-ethyl adjacent to an activating group) is 1. The van der Waals surface area contributed by atoms with Gasteiger partial charge in [0.15, 0.2) is 0 Å². The number of hydroxylamine groups is 3. The second kappa shape index (κ2) is 9.09. The van der Waals surface area contributed by atoms with Crippen LogP contribution in [-0.2, 0) is 6.61 Å². The number of pyridine rings is 2. The Balaban J connectivity index is 1.37. The Bertz CT molecular complexity index is 1080. The number of halogens is 1. The SMILES string of the molecule is C[N+]1([O-])CCC[C@H]1COc1ccc(-n2ccc(OCc3ccc(Cl)cn3)cc2=O)cc1. The highest BCUT2D eigenvalue weighted by atomic mass is 35.5. The van der Waals surface area contributed by atoms with Crippen LogP contribution < -0.4 is 15.0 Å². The number of rotatable bonds is 7. The van der Waals surface area contributed by atoms with E-state index >= 15 is 0 Å². The molecule has 31 heavy (non-hydrogen) atoms. The summed E-state index contributed by atoms with van der Waals surface area (Å²) < 4.78 is 12.8. The van der Waals surface area contributed by atoms with Gasteiger partial charge in [-0.2, -0.15) is 0 Å². The Labute approximate surface area is 185 Å². The highest BCUT2D eigenvalue weighted by Crippen LogP contribution is 2.24. The van der Waals surface area contributed by atoms with Crippen LogP contribution in [0, 0.1) is 5.21 Å². The summed E-state index contributed by atoms with van der Waals surface area (Å²) in [6.07, 6.45) is 5.04. The summed E-state index contributed by atoms with van der Waals surface area (Å²) in [5.41, 5.74) is 1.23. The summed E-state index contributed by atoms with van der Waals surface area (Å²) in [5, 5.41) is 12.9. The van der Waals surface area contributed by atoms with E-state index in [4.69, 9.17) is 21.1 Å². The standard InChI is InChI=1S/C23H24ClN3O4/c1-27(29)12-2-3-20(27)16-31-21-8-6-19(7-9-21)26-11-10-22(13-23(26)28)30-15-18-5-4-17(24)14-25-18/h4-11,13-14,20H,2-3,12,15-16H2,1H3/t20-,27?/m0/s1. The van der Waals surface area contributed by atoms with E-state index in [1.807, 2.05) is 24.3 Å². The average molecular weight is 442 g/mol. The molecule has 2 aromatic heterocycles. The maximum Gasteiger partial charge on any atom is 0.258 e. The van der Waals surface area contributed by atoms with Gasteiger partial charge in [-0.3, -0.25) is 14.3 Å². The van der Waals surface area contributed by atoms with Crippen molar-refractivity contribution in [2.45, 2.75) is 25.5 Å². The van der Waals surface area contributed by atoms with Crippen molar-refractivity contribution in [1.29, 1.82) is 0 Å². The van der Waals surface area contributed by atoms with Gasteiger partial charge in [0.05, 0.1) is 24.3 Å².